The van der Waals surface area contributed by atoms with Crippen LogP contribution in [0.4, 0.5) is 0 Å². The lowest BCUT2D eigenvalue weighted by molar-refractivity contribution is 0.0800. The van der Waals surface area contributed by atoms with Crippen LogP contribution in [0.25, 0.3) is 0 Å². The maximum Gasteiger partial charge on any atom is 0.171 e. The van der Waals surface area contributed by atoms with Crippen molar-refractivity contribution < 1.29 is 9.59 Å². The number of fused-ring (bicyclic) bond motifs is 2. The molecule has 18 heavy (non-hydrogen) atoms. The molecule has 0 fully saturated rings. The van der Waals surface area contributed by atoms with Crippen molar-refractivity contribution in [1.29, 1.82) is 0 Å². The van der Waals surface area contributed by atoms with Crippen molar-refractivity contribution in [2.75, 3.05) is 0 Å². The minimum atomic E-state index is -0.521. The third-order valence-electron chi connectivity index (χ3n) is 3.41. The smallest absolute Gasteiger partial charge is 0.171 e. The summed E-state index contributed by atoms with van der Waals surface area (Å²) in [4.78, 5) is 24.6. The molecular formula is C14H10ClNO2. The van der Waals surface area contributed by atoms with Crippen LogP contribution >= 0.6 is 11.6 Å². The molecule has 1 aromatic carbocycles. The van der Waals surface area contributed by atoms with Gasteiger partial charge in [0.25, 0.3) is 0 Å². The minimum Gasteiger partial charge on any atom is -0.398 e. The maximum atomic E-state index is 12.3. The molecule has 90 valence electrons. The average Bonchev–Trinajstić information content (AvgIpc) is 2.38. The molecule has 0 aromatic heterocycles. The molecule has 0 saturated carbocycles. The van der Waals surface area contributed by atoms with Gasteiger partial charge in [-0.3, -0.25) is 9.59 Å². The van der Waals surface area contributed by atoms with E-state index < -0.39 is 11.8 Å². The van der Waals surface area contributed by atoms with Crippen LogP contribution in [-0.4, -0.2) is 11.6 Å². The first kappa shape index (κ1) is 11.2. The van der Waals surface area contributed by atoms with Crippen molar-refractivity contribution in [1.82, 2.24) is 0 Å². The standard InChI is InChI=1S/C14H10ClNO2/c15-11-5-9-10(6-12(11)16)14(18)8-4-2-1-3-7(8)13(9)17/h1-6,9-10H,16H2/t9-,10+/m0/s1. The van der Waals surface area contributed by atoms with Crippen molar-refractivity contribution in [2.24, 2.45) is 17.6 Å². The summed E-state index contributed by atoms with van der Waals surface area (Å²) in [6.07, 6.45) is 3.17. The number of ketones is 2. The van der Waals surface area contributed by atoms with Gasteiger partial charge in [0.1, 0.15) is 0 Å². The van der Waals surface area contributed by atoms with E-state index in [4.69, 9.17) is 17.3 Å². The number of allylic oxidation sites excluding steroid dienone is 3. The Labute approximate surface area is 109 Å². The molecule has 2 N–H and O–H groups in total. The molecule has 0 radical (unpaired) electrons. The summed E-state index contributed by atoms with van der Waals surface area (Å²) in [6, 6.07) is 6.86. The van der Waals surface area contributed by atoms with E-state index in [-0.39, 0.29) is 11.6 Å². The van der Waals surface area contributed by atoms with E-state index in [9.17, 15) is 9.59 Å². The molecule has 0 heterocycles. The molecule has 0 saturated heterocycles. The second kappa shape index (κ2) is 3.82. The summed E-state index contributed by atoms with van der Waals surface area (Å²) in [5, 5.41) is 0.344. The number of hydrogen-bond acceptors (Lipinski definition) is 3. The SMILES string of the molecule is NC1=C[C@H]2C(=O)c3ccccc3C(=O)[C@H]2C=C1Cl. The summed E-state index contributed by atoms with van der Waals surface area (Å²) >= 11 is 5.93. The Morgan fingerprint density at radius 1 is 0.944 bits per heavy atom. The van der Waals surface area contributed by atoms with Gasteiger partial charge in [0, 0.05) is 16.8 Å². The summed E-state index contributed by atoms with van der Waals surface area (Å²) in [6.45, 7) is 0. The first-order valence-electron chi connectivity index (χ1n) is 5.62. The lowest BCUT2D eigenvalue weighted by Crippen LogP contribution is -2.36. The van der Waals surface area contributed by atoms with Crippen LogP contribution in [0.2, 0.25) is 0 Å². The predicted molar refractivity (Wildman–Crippen MR) is 68.3 cm³/mol. The van der Waals surface area contributed by atoms with Crippen LogP contribution in [0.1, 0.15) is 20.7 Å². The molecule has 0 bridgehead atoms. The number of rotatable bonds is 0. The molecule has 2 atom stereocenters. The van der Waals surface area contributed by atoms with Gasteiger partial charge in [0.2, 0.25) is 0 Å². The van der Waals surface area contributed by atoms with Gasteiger partial charge in [-0.25, -0.2) is 0 Å². The Kier molecular flexibility index (Phi) is 2.38. The summed E-state index contributed by atoms with van der Waals surface area (Å²) in [7, 11) is 0. The zero-order valence-electron chi connectivity index (χ0n) is 9.39. The fourth-order valence-corrected chi connectivity index (χ4v) is 2.68. The number of benzene rings is 1. The molecule has 0 spiro atoms. The zero-order chi connectivity index (χ0) is 12.9. The largest absolute Gasteiger partial charge is 0.398 e. The van der Waals surface area contributed by atoms with Crippen molar-refractivity contribution in [3.05, 3.63) is 58.3 Å². The molecule has 3 nitrogen and oxygen atoms in total. The van der Waals surface area contributed by atoms with E-state index in [1.807, 2.05) is 0 Å². The van der Waals surface area contributed by atoms with Crippen LogP contribution in [0.5, 0.6) is 0 Å². The highest BCUT2D eigenvalue weighted by molar-refractivity contribution is 6.32. The summed E-state index contributed by atoms with van der Waals surface area (Å²) < 4.78 is 0. The van der Waals surface area contributed by atoms with E-state index in [2.05, 4.69) is 0 Å². The Hall–Kier alpha value is -1.87. The van der Waals surface area contributed by atoms with Crippen molar-refractivity contribution in [3.8, 4) is 0 Å². The molecule has 0 unspecified atom stereocenters. The number of Topliss-reactive ketones (excluding diaryl/α,β-unsaturated/α-hetero) is 2. The quantitative estimate of drug-likeness (QED) is 0.778. The normalized spacial score (nSPS) is 26.1. The second-order valence-electron chi connectivity index (χ2n) is 4.46. The molecular weight excluding hydrogens is 250 g/mol. The van der Waals surface area contributed by atoms with E-state index in [1.165, 1.54) is 0 Å². The maximum absolute atomic E-state index is 12.3. The fourth-order valence-electron chi connectivity index (χ4n) is 2.48. The lowest BCUT2D eigenvalue weighted by Gasteiger charge is -2.29. The third-order valence-corrected chi connectivity index (χ3v) is 3.76. The van der Waals surface area contributed by atoms with Crippen molar-refractivity contribution >= 4 is 23.2 Å². The molecule has 4 heteroatoms. The average molecular weight is 260 g/mol. The van der Waals surface area contributed by atoms with Gasteiger partial charge in [-0.05, 0) is 6.08 Å². The Bertz CT molecular complexity index is 575. The van der Waals surface area contributed by atoms with Crippen LogP contribution in [0, 0.1) is 11.8 Å². The highest BCUT2D eigenvalue weighted by atomic mass is 35.5. The van der Waals surface area contributed by atoms with Gasteiger partial charge in [-0.1, -0.05) is 41.9 Å². The first-order valence-corrected chi connectivity index (χ1v) is 6.00. The number of halogens is 1. The topological polar surface area (TPSA) is 60.2 Å². The molecule has 1 aromatic rings. The third kappa shape index (κ3) is 1.44. The van der Waals surface area contributed by atoms with E-state index in [0.717, 1.165) is 0 Å². The van der Waals surface area contributed by atoms with E-state index in [1.54, 1.807) is 36.4 Å². The molecule has 0 aliphatic heterocycles. The molecule has 3 rings (SSSR count). The first-order chi connectivity index (χ1) is 8.59. The van der Waals surface area contributed by atoms with Gasteiger partial charge < -0.3 is 5.73 Å². The van der Waals surface area contributed by atoms with E-state index >= 15 is 0 Å². The Morgan fingerprint density at radius 3 is 2.00 bits per heavy atom. The predicted octanol–water partition coefficient (Wildman–Crippen LogP) is 2.28. The van der Waals surface area contributed by atoms with Gasteiger partial charge in [0.15, 0.2) is 11.6 Å². The number of nitrogens with two attached hydrogens (primary N) is 1. The highest BCUT2D eigenvalue weighted by Gasteiger charge is 2.40. The van der Waals surface area contributed by atoms with Gasteiger partial charge in [-0.2, -0.15) is 0 Å². The number of carbonyl (C=O) groups excluding carboxylic acids is 2. The van der Waals surface area contributed by atoms with Gasteiger partial charge in [0.05, 0.1) is 16.9 Å². The van der Waals surface area contributed by atoms with Crippen molar-refractivity contribution in [2.45, 2.75) is 0 Å². The molecule has 2 aliphatic carbocycles. The van der Waals surface area contributed by atoms with Gasteiger partial charge in [-0.15, -0.1) is 0 Å². The van der Waals surface area contributed by atoms with Crippen LogP contribution < -0.4 is 5.73 Å². The Balaban J connectivity index is 2.19. The monoisotopic (exact) mass is 259 g/mol. The highest BCUT2D eigenvalue weighted by Crippen LogP contribution is 2.37. The van der Waals surface area contributed by atoms with Crippen molar-refractivity contribution in [3.63, 3.8) is 0 Å². The van der Waals surface area contributed by atoms with Crippen LogP contribution in [-0.2, 0) is 0 Å². The zero-order valence-corrected chi connectivity index (χ0v) is 10.1. The fraction of sp³-hybridized carbons (Fsp3) is 0.143. The van der Waals surface area contributed by atoms with Crippen LogP contribution in [0.3, 0.4) is 0 Å². The summed E-state index contributed by atoms with van der Waals surface area (Å²) in [5.74, 6) is -1.18. The lowest BCUT2D eigenvalue weighted by atomic mass is 9.72. The Morgan fingerprint density at radius 2 is 1.44 bits per heavy atom. The van der Waals surface area contributed by atoms with E-state index in [0.29, 0.717) is 21.9 Å². The summed E-state index contributed by atoms with van der Waals surface area (Å²) in [5.41, 5.74) is 7.01. The molecule has 2 aliphatic rings. The number of carbonyl (C=O) groups is 2. The molecule has 0 amide bonds. The second-order valence-corrected chi connectivity index (χ2v) is 4.87. The van der Waals surface area contributed by atoms with Gasteiger partial charge >= 0.3 is 0 Å². The number of hydrogen-bond donors (Lipinski definition) is 1. The van der Waals surface area contributed by atoms with Crippen LogP contribution in [0.15, 0.2) is 47.1 Å². The minimum absolute atomic E-state index is 0.0708.